The third-order valence-corrected chi connectivity index (χ3v) is 6.29. The quantitative estimate of drug-likeness (QED) is 0.406. The number of fused-ring (bicyclic) bond motifs is 3. The van der Waals surface area contributed by atoms with Crippen LogP contribution in [-0.2, 0) is 6.54 Å². The Bertz CT molecular complexity index is 1280. The van der Waals surface area contributed by atoms with Gasteiger partial charge in [-0.15, -0.1) is 5.54 Å². The fourth-order valence-corrected chi connectivity index (χ4v) is 4.28. The summed E-state index contributed by atoms with van der Waals surface area (Å²) in [4.78, 5) is 21.5. The van der Waals surface area contributed by atoms with E-state index in [2.05, 4.69) is 36.1 Å². The van der Waals surface area contributed by atoms with Gasteiger partial charge in [-0.3, -0.25) is 14.4 Å². The molecule has 0 amide bonds. The van der Waals surface area contributed by atoms with E-state index in [0.29, 0.717) is 22.7 Å². The van der Waals surface area contributed by atoms with Gasteiger partial charge in [0.1, 0.15) is 25.9 Å². The van der Waals surface area contributed by atoms with Crippen molar-refractivity contribution in [1.29, 1.82) is 0 Å². The smallest absolute Gasteiger partial charge is 0.239 e. The molecule has 4 rings (SSSR count). The molecule has 0 atom stereocenters. The summed E-state index contributed by atoms with van der Waals surface area (Å²) in [6.45, 7) is 6.81. The predicted octanol–water partition coefficient (Wildman–Crippen LogP) is 5.09. The first-order chi connectivity index (χ1) is 14.8. The third-order valence-electron chi connectivity index (χ3n) is 4.85. The number of benzene rings is 2. The summed E-state index contributed by atoms with van der Waals surface area (Å²) in [6.07, 6.45) is 3.38. The largest absolute Gasteiger partial charge is 0.300 e. The highest BCUT2D eigenvalue weighted by atomic mass is 32.2. The van der Waals surface area contributed by atoms with Gasteiger partial charge in [-0.25, -0.2) is 9.37 Å². The van der Waals surface area contributed by atoms with Crippen LogP contribution >= 0.6 is 11.8 Å². The number of aromatic nitrogens is 2. The summed E-state index contributed by atoms with van der Waals surface area (Å²) >= 11 is 1.12. The van der Waals surface area contributed by atoms with E-state index >= 15 is 0 Å². The molecule has 31 heavy (non-hydrogen) atoms. The van der Waals surface area contributed by atoms with Gasteiger partial charge in [-0.1, -0.05) is 49.5 Å². The van der Waals surface area contributed by atoms with Gasteiger partial charge in [0.25, 0.3) is 0 Å². The van der Waals surface area contributed by atoms with E-state index in [1.807, 2.05) is 22.8 Å². The topological polar surface area (TPSA) is 47.2 Å². The molecule has 0 unspecified atom stereocenters. The molecule has 2 aromatic carbocycles. The zero-order valence-corrected chi connectivity index (χ0v) is 19.7. The summed E-state index contributed by atoms with van der Waals surface area (Å²) in [6, 6.07) is 12.5. The Balaban J connectivity index is 1.96. The number of thioether (sulfide) groups is 1. The minimum absolute atomic E-state index is 0.113. The van der Waals surface area contributed by atoms with Gasteiger partial charge in [0, 0.05) is 16.7 Å². The summed E-state index contributed by atoms with van der Waals surface area (Å²) in [5, 5.41) is -0.113. The van der Waals surface area contributed by atoms with E-state index < -0.39 is 8.07 Å². The zero-order chi connectivity index (χ0) is 22.2. The van der Waals surface area contributed by atoms with E-state index in [1.54, 1.807) is 30.8 Å². The van der Waals surface area contributed by atoms with Crippen LogP contribution in [0.1, 0.15) is 32.9 Å². The number of halogens is 1. The van der Waals surface area contributed by atoms with Crippen molar-refractivity contribution in [3.63, 3.8) is 0 Å². The maximum atomic E-state index is 14.7. The van der Waals surface area contributed by atoms with Gasteiger partial charge >= 0.3 is 0 Å². The monoisotopic (exact) mass is 447 g/mol. The molecule has 0 saturated heterocycles. The lowest BCUT2D eigenvalue weighted by molar-refractivity contribution is 0.108. The maximum Gasteiger partial charge on any atom is 0.239 e. The van der Waals surface area contributed by atoms with E-state index in [-0.39, 0.29) is 17.5 Å². The Kier molecular flexibility index (Phi) is 5.69. The predicted molar refractivity (Wildman–Crippen MR) is 127 cm³/mol. The van der Waals surface area contributed by atoms with E-state index in [0.717, 1.165) is 28.6 Å². The summed E-state index contributed by atoms with van der Waals surface area (Å²) in [5.74, 6) is 2.94. The lowest BCUT2D eigenvalue weighted by Crippen LogP contribution is -2.16. The lowest BCUT2D eigenvalue weighted by atomic mass is 9.98. The zero-order valence-electron chi connectivity index (χ0n) is 17.9. The number of aliphatic imine (C=N–C) groups is 1. The first-order valence-electron chi connectivity index (χ1n) is 9.90. The van der Waals surface area contributed by atoms with Crippen molar-refractivity contribution in [2.45, 2.75) is 26.2 Å². The first kappa shape index (κ1) is 21.3. The average molecular weight is 448 g/mol. The Morgan fingerprint density at radius 3 is 2.65 bits per heavy atom. The molecule has 0 fully saturated rings. The molecular weight excluding hydrogens is 425 g/mol. The molecule has 0 aliphatic carbocycles. The highest BCUT2D eigenvalue weighted by Gasteiger charge is 2.25. The van der Waals surface area contributed by atoms with Crippen LogP contribution in [0.3, 0.4) is 0 Å². The van der Waals surface area contributed by atoms with Gasteiger partial charge in [0.05, 0.1) is 23.6 Å². The third kappa shape index (κ3) is 4.27. The molecule has 7 heteroatoms. The fourth-order valence-electron chi connectivity index (χ4n) is 3.40. The van der Waals surface area contributed by atoms with Crippen molar-refractivity contribution >= 4 is 30.7 Å². The second kappa shape index (κ2) is 8.29. The Hall–Kier alpha value is -2.95. The molecule has 1 aliphatic rings. The standard InChI is InChI=1S/C24H22FN3OSSi/c1-30-24(29)23-21-14-26-22(17-7-5-6-8-19(17)25)18-13-16(11-12-31(2,3)4)9-10-20(18)28(21)15-27-23/h5-10,13,15H,14H2,1-4H3. The number of imidazole rings is 1. The molecule has 0 spiro atoms. The number of rotatable bonds is 2. The Morgan fingerprint density at radius 2 is 1.94 bits per heavy atom. The van der Waals surface area contributed by atoms with E-state index in [9.17, 15) is 9.18 Å². The Labute approximate surface area is 186 Å². The number of carbonyl (C=O) groups excluding carboxylic acids is 1. The van der Waals surface area contributed by atoms with Crippen LogP contribution in [0.2, 0.25) is 19.6 Å². The number of hydrogen-bond donors (Lipinski definition) is 0. The van der Waals surface area contributed by atoms with Gasteiger partial charge in [0.2, 0.25) is 5.12 Å². The summed E-state index contributed by atoms with van der Waals surface area (Å²) in [5.41, 5.74) is 7.88. The number of hydrogen-bond acceptors (Lipinski definition) is 4. The van der Waals surface area contributed by atoms with Crippen molar-refractivity contribution in [2.24, 2.45) is 4.99 Å². The minimum atomic E-state index is -1.55. The fraction of sp³-hybridized carbons (Fsp3) is 0.208. The van der Waals surface area contributed by atoms with Crippen LogP contribution in [-0.4, -0.2) is 34.7 Å². The number of carbonyl (C=O) groups is 1. The van der Waals surface area contributed by atoms with E-state index in [1.165, 1.54) is 6.07 Å². The SMILES string of the molecule is CSC(=O)c1ncn2c1CN=C(c1ccccc1F)c1cc(C#C[Si](C)(C)C)ccc1-2. The summed E-state index contributed by atoms with van der Waals surface area (Å²) < 4.78 is 16.6. The van der Waals surface area contributed by atoms with Crippen molar-refractivity contribution in [3.8, 4) is 17.2 Å². The van der Waals surface area contributed by atoms with Crippen molar-refractivity contribution in [1.82, 2.24) is 9.55 Å². The van der Waals surface area contributed by atoms with Crippen molar-refractivity contribution < 1.29 is 9.18 Å². The molecule has 4 nitrogen and oxygen atoms in total. The molecule has 1 aromatic heterocycles. The van der Waals surface area contributed by atoms with Gasteiger partial charge in [-0.2, -0.15) is 0 Å². The molecule has 156 valence electrons. The van der Waals surface area contributed by atoms with Crippen LogP contribution in [0, 0.1) is 17.3 Å². The maximum absolute atomic E-state index is 14.7. The van der Waals surface area contributed by atoms with Crippen LogP contribution < -0.4 is 0 Å². The van der Waals surface area contributed by atoms with Crippen LogP contribution in [0.25, 0.3) is 5.69 Å². The summed E-state index contributed by atoms with van der Waals surface area (Å²) in [7, 11) is -1.55. The second-order valence-corrected chi connectivity index (χ2v) is 13.8. The minimum Gasteiger partial charge on any atom is -0.300 e. The molecule has 2 heterocycles. The Morgan fingerprint density at radius 1 is 1.16 bits per heavy atom. The highest BCUT2D eigenvalue weighted by Crippen LogP contribution is 2.29. The van der Waals surface area contributed by atoms with E-state index in [4.69, 9.17) is 4.99 Å². The van der Waals surface area contributed by atoms with Gasteiger partial charge in [0.15, 0.2) is 0 Å². The van der Waals surface area contributed by atoms with Gasteiger partial charge < -0.3 is 0 Å². The van der Waals surface area contributed by atoms with Crippen LogP contribution in [0.15, 0.2) is 53.8 Å². The second-order valence-electron chi connectivity index (χ2n) is 8.28. The molecule has 1 aliphatic heterocycles. The molecule has 3 aromatic rings. The lowest BCUT2D eigenvalue weighted by Gasteiger charge is -2.13. The molecular formula is C24H22FN3OSSi. The molecule has 0 radical (unpaired) electrons. The van der Waals surface area contributed by atoms with Gasteiger partial charge in [-0.05, 0) is 36.6 Å². The normalized spacial score (nSPS) is 12.7. The number of nitrogens with zero attached hydrogens (tertiary/aromatic N) is 3. The van der Waals surface area contributed by atoms with Crippen molar-refractivity contribution in [3.05, 3.63) is 82.7 Å². The average Bonchev–Trinajstić information content (AvgIpc) is 3.09. The first-order valence-corrected chi connectivity index (χ1v) is 14.6. The van der Waals surface area contributed by atoms with Crippen LogP contribution in [0.4, 0.5) is 4.39 Å². The van der Waals surface area contributed by atoms with Crippen molar-refractivity contribution in [2.75, 3.05) is 6.26 Å². The van der Waals surface area contributed by atoms with Crippen LogP contribution in [0.5, 0.6) is 0 Å². The molecule has 0 N–H and O–H groups in total. The highest BCUT2D eigenvalue weighted by molar-refractivity contribution is 8.13. The molecule has 0 saturated carbocycles. The molecule has 0 bridgehead atoms.